The summed E-state index contributed by atoms with van der Waals surface area (Å²) in [6, 6.07) is 7.75. The van der Waals surface area contributed by atoms with Crippen LogP contribution in [0.2, 0.25) is 0 Å². The molecule has 0 atom stereocenters. The number of anilines is 2. The number of rotatable bonds is 5. The van der Waals surface area contributed by atoms with Gasteiger partial charge in [-0.1, -0.05) is 6.07 Å². The summed E-state index contributed by atoms with van der Waals surface area (Å²) in [5.74, 6) is -0.337. The van der Waals surface area contributed by atoms with E-state index in [4.69, 9.17) is 4.74 Å². The predicted molar refractivity (Wildman–Crippen MR) is 94.8 cm³/mol. The number of benzene rings is 1. The van der Waals surface area contributed by atoms with E-state index in [1.165, 1.54) is 18.2 Å². The van der Waals surface area contributed by atoms with Crippen molar-refractivity contribution in [1.82, 2.24) is 4.98 Å². The van der Waals surface area contributed by atoms with Crippen molar-refractivity contribution in [3.8, 4) is 5.75 Å². The molecule has 0 unspecified atom stereocenters. The summed E-state index contributed by atoms with van der Waals surface area (Å²) in [4.78, 5) is 27.4. The number of fused-ring (bicyclic) bond motifs is 1. The molecule has 8 nitrogen and oxygen atoms in total. The Morgan fingerprint density at radius 1 is 1.35 bits per heavy atom. The van der Waals surface area contributed by atoms with Gasteiger partial charge in [-0.25, -0.2) is 13.4 Å². The average molecular weight is 375 g/mol. The largest absolute Gasteiger partial charge is 0.482 e. The SMILES string of the molecule is Cc1cccnc1NC(=O)CCS(=O)(=O)c1ccc2c(c1)NC(=O)CO2. The van der Waals surface area contributed by atoms with Crippen molar-refractivity contribution >= 4 is 33.2 Å². The van der Waals surface area contributed by atoms with E-state index < -0.39 is 15.7 Å². The number of amides is 2. The summed E-state index contributed by atoms with van der Waals surface area (Å²) >= 11 is 0. The van der Waals surface area contributed by atoms with Crippen LogP contribution in [0.5, 0.6) is 5.75 Å². The zero-order valence-electron chi connectivity index (χ0n) is 14.0. The first-order valence-corrected chi connectivity index (χ1v) is 9.51. The van der Waals surface area contributed by atoms with Gasteiger partial charge in [0.1, 0.15) is 11.6 Å². The molecule has 0 bridgehead atoms. The Balaban J connectivity index is 1.67. The Morgan fingerprint density at radius 2 is 2.15 bits per heavy atom. The highest BCUT2D eigenvalue weighted by atomic mass is 32.2. The number of ether oxygens (including phenoxy) is 1. The molecule has 0 spiro atoms. The fourth-order valence-electron chi connectivity index (χ4n) is 2.41. The zero-order chi connectivity index (χ0) is 18.7. The van der Waals surface area contributed by atoms with E-state index in [0.717, 1.165) is 5.56 Å². The van der Waals surface area contributed by atoms with Crippen LogP contribution >= 0.6 is 0 Å². The van der Waals surface area contributed by atoms with Crippen molar-refractivity contribution in [2.45, 2.75) is 18.2 Å². The second-order valence-corrected chi connectivity index (χ2v) is 7.89. The second kappa shape index (κ2) is 7.12. The number of carbonyl (C=O) groups is 2. The standard InChI is InChI=1S/C17H17N3O5S/c1-11-3-2-7-18-17(11)20-15(21)6-8-26(23,24)12-4-5-14-13(9-12)19-16(22)10-25-14/h2-5,7,9H,6,8,10H2,1H3,(H,19,22)(H,18,20,21). The first kappa shape index (κ1) is 17.9. The maximum atomic E-state index is 12.5. The van der Waals surface area contributed by atoms with Crippen LogP contribution in [0.1, 0.15) is 12.0 Å². The number of nitrogens with zero attached hydrogens (tertiary/aromatic N) is 1. The van der Waals surface area contributed by atoms with Crippen LogP contribution in [0.3, 0.4) is 0 Å². The van der Waals surface area contributed by atoms with Gasteiger partial charge in [0.2, 0.25) is 5.91 Å². The van der Waals surface area contributed by atoms with Crippen molar-refractivity contribution in [2.24, 2.45) is 0 Å². The fourth-order valence-corrected chi connectivity index (χ4v) is 3.67. The van der Waals surface area contributed by atoms with Crippen molar-refractivity contribution in [3.63, 3.8) is 0 Å². The smallest absolute Gasteiger partial charge is 0.262 e. The molecule has 9 heteroatoms. The van der Waals surface area contributed by atoms with Gasteiger partial charge >= 0.3 is 0 Å². The lowest BCUT2D eigenvalue weighted by Gasteiger charge is -2.18. The van der Waals surface area contributed by atoms with Crippen molar-refractivity contribution < 1.29 is 22.7 Å². The molecule has 26 heavy (non-hydrogen) atoms. The monoisotopic (exact) mass is 375 g/mol. The predicted octanol–water partition coefficient (Wildman–Crippen LogP) is 1.52. The molecule has 1 aromatic heterocycles. The van der Waals surface area contributed by atoms with Crippen molar-refractivity contribution in [1.29, 1.82) is 0 Å². The Labute approximate surface area is 150 Å². The number of aromatic nitrogens is 1. The minimum absolute atomic E-state index is 0.0175. The van der Waals surface area contributed by atoms with Gasteiger partial charge in [-0.05, 0) is 36.8 Å². The Morgan fingerprint density at radius 3 is 2.92 bits per heavy atom. The summed E-state index contributed by atoms with van der Waals surface area (Å²) < 4.78 is 30.1. The quantitative estimate of drug-likeness (QED) is 0.819. The summed E-state index contributed by atoms with van der Waals surface area (Å²) in [5.41, 5.74) is 1.09. The van der Waals surface area contributed by atoms with Gasteiger partial charge in [-0.3, -0.25) is 9.59 Å². The second-order valence-electron chi connectivity index (χ2n) is 5.78. The number of hydrogen-bond donors (Lipinski definition) is 2. The molecule has 2 amide bonds. The molecular weight excluding hydrogens is 358 g/mol. The number of aryl methyl sites for hydroxylation is 1. The van der Waals surface area contributed by atoms with Gasteiger partial charge in [0.25, 0.3) is 5.91 Å². The highest BCUT2D eigenvalue weighted by molar-refractivity contribution is 7.91. The van der Waals surface area contributed by atoms with Gasteiger partial charge < -0.3 is 15.4 Å². The number of hydrogen-bond acceptors (Lipinski definition) is 6. The maximum Gasteiger partial charge on any atom is 0.262 e. The first-order valence-electron chi connectivity index (χ1n) is 7.86. The number of pyridine rings is 1. The molecule has 0 saturated heterocycles. The highest BCUT2D eigenvalue weighted by Gasteiger charge is 2.22. The van der Waals surface area contributed by atoms with E-state index in [-0.39, 0.29) is 29.6 Å². The molecule has 3 rings (SSSR count). The molecule has 1 aromatic carbocycles. The highest BCUT2D eigenvalue weighted by Crippen LogP contribution is 2.30. The molecule has 0 aliphatic carbocycles. The maximum absolute atomic E-state index is 12.5. The third-order valence-corrected chi connectivity index (χ3v) is 5.52. The number of sulfone groups is 1. The Hall–Kier alpha value is -2.94. The lowest BCUT2D eigenvalue weighted by atomic mass is 10.2. The number of nitrogens with one attached hydrogen (secondary N) is 2. The van der Waals surface area contributed by atoms with E-state index in [2.05, 4.69) is 15.6 Å². The minimum atomic E-state index is -3.70. The average Bonchev–Trinajstić information content (AvgIpc) is 2.61. The van der Waals surface area contributed by atoms with Crippen molar-refractivity contribution in [2.75, 3.05) is 23.0 Å². The van der Waals surface area contributed by atoms with Crippen LogP contribution < -0.4 is 15.4 Å². The van der Waals surface area contributed by atoms with Crippen LogP contribution in [0.25, 0.3) is 0 Å². The topological polar surface area (TPSA) is 114 Å². The van der Waals surface area contributed by atoms with Crippen LogP contribution in [0, 0.1) is 6.92 Å². The summed E-state index contributed by atoms with van der Waals surface area (Å²) in [6.45, 7) is 1.69. The minimum Gasteiger partial charge on any atom is -0.482 e. The molecule has 0 saturated carbocycles. The lowest BCUT2D eigenvalue weighted by Crippen LogP contribution is -2.25. The van der Waals surface area contributed by atoms with Crippen LogP contribution in [0.15, 0.2) is 41.4 Å². The zero-order valence-corrected chi connectivity index (χ0v) is 14.8. The molecule has 1 aliphatic rings. The molecule has 2 aromatic rings. The molecule has 2 N–H and O–H groups in total. The fraction of sp³-hybridized carbons (Fsp3) is 0.235. The third-order valence-electron chi connectivity index (χ3n) is 3.81. The molecule has 2 heterocycles. The molecule has 0 fully saturated rings. The van der Waals surface area contributed by atoms with Crippen molar-refractivity contribution in [3.05, 3.63) is 42.1 Å². The number of carbonyl (C=O) groups excluding carboxylic acids is 2. The summed E-state index contributed by atoms with van der Waals surface area (Å²) in [7, 11) is -3.70. The van der Waals surface area contributed by atoms with E-state index in [0.29, 0.717) is 17.3 Å². The van der Waals surface area contributed by atoms with Crippen LogP contribution in [0.4, 0.5) is 11.5 Å². The van der Waals surface area contributed by atoms with Crippen LogP contribution in [-0.2, 0) is 19.4 Å². The lowest BCUT2D eigenvalue weighted by molar-refractivity contribution is -0.118. The summed E-state index contributed by atoms with van der Waals surface area (Å²) in [6.07, 6.45) is 1.33. The molecule has 0 radical (unpaired) electrons. The van der Waals surface area contributed by atoms with E-state index in [1.807, 2.05) is 0 Å². The molecule has 1 aliphatic heterocycles. The van der Waals surface area contributed by atoms with Gasteiger partial charge in [-0.2, -0.15) is 0 Å². The van der Waals surface area contributed by atoms with Gasteiger partial charge in [0.15, 0.2) is 16.4 Å². The van der Waals surface area contributed by atoms with Crippen LogP contribution in [-0.4, -0.2) is 37.6 Å². The normalized spacial score (nSPS) is 13.3. The van der Waals surface area contributed by atoms with Gasteiger partial charge in [-0.15, -0.1) is 0 Å². The van der Waals surface area contributed by atoms with E-state index >= 15 is 0 Å². The summed E-state index contributed by atoms with van der Waals surface area (Å²) in [5, 5.41) is 5.16. The van der Waals surface area contributed by atoms with Gasteiger partial charge in [0.05, 0.1) is 16.3 Å². The van der Waals surface area contributed by atoms with E-state index in [9.17, 15) is 18.0 Å². The molecule has 136 valence electrons. The van der Waals surface area contributed by atoms with E-state index in [1.54, 1.807) is 25.3 Å². The third kappa shape index (κ3) is 3.99. The van der Waals surface area contributed by atoms with Gasteiger partial charge in [0, 0.05) is 12.6 Å². The first-order chi connectivity index (χ1) is 12.3. The Kier molecular flexibility index (Phi) is 4.90. The molecular formula is C17H17N3O5S. The Bertz CT molecular complexity index is 972.